The minimum Gasteiger partial charge on any atom is -0.400 e. The van der Waals surface area contributed by atoms with Crippen LogP contribution in [0.2, 0.25) is 10.0 Å². The minimum absolute atomic E-state index is 0.332. The summed E-state index contributed by atoms with van der Waals surface area (Å²) in [5.74, 6) is -0.785. The fraction of sp³-hybridized carbons (Fsp3) is 0.240. The number of aliphatic hydroxyl groups is 1. The largest absolute Gasteiger partial charge is 0.400 e. The zero-order valence-corrected chi connectivity index (χ0v) is 21.6. The lowest BCUT2D eigenvalue weighted by molar-refractivity contribution is 0.399. The van der Waals surface area contributed by atoms with Gasteiger partial charge in [-0.1, -0.05) is 62.2 Å². The quantitative estimate of drug-likeness (QED) is 0.306. The first kappa shape index (κ1) is 27.9. The third-order valence-electron chi connectivity index (χ3n) is 4.80. The number of anilines is 1. The Kier molecular flexibility index (Phi) is 11.1. The monoisotopic (exact) mass is 525 g/mol. The molecule has 4 nitrogen and oxygen atoms in total. The number of aliphatic imine (C=N–C) groups is 1. The van der Waals surface area contributed by atoms with Gasteiger partial charge in [0.2, 0.25) is 5.96 Å². The van der Waals surface area contributed by atoms with E-state index < -0.39 is 11.7 Å². The van der Waals surface area contributed by atoms with Gasteiger partial charge in [-0.05, 0) is 59.5 Å². The van der Waals surface area contributed by atoms with E-state index >= 15 is 0 Å². The molecule has 3 aromatic rings. The van der Waals surface area contributed by atoms with Crippen molar-refractivity contribution in [3.8, 4) is 0 Å². The predicted molar refractivity (Wildman–Crippen MR) is 140 cm³/mol. The Bertz CT molecular complexity index is 1120. The van der Waals surface area contributed by atoms with Crippen LogP contribution in [0.5, 0.6) is 0 Å². The van der Waals surface area contributed by atoms with Crippen molar-refractivity contribution in [3.05, 3.63) is 93.0 Å². The van der Waals surface area contributed by atoms with E-state index in [4.69, 9.17) is 28.3 Å². The molecule has 182 valence electrons. The molecule has 34 heavy (non-hydrogen) atoms. The van der Waals surface area contributed by atoms with E-state index in [-0.39, 0.29) is 5.82 Å². The molecule has 1 unspecified atom stereocenters. The van der Waals surface area contributed by atoms with Crippen LogP contribution in [0.3, 0.4) is 0 Å². The van der Waals surface area contributed by atoms with Crippen LogP contribution in [0.1, 0.15) is 43.4 Å². The number of guanidine groups is 1. The van der Waals surface area contributed by atoms with Gasteiger partial charge in [-0.25, -0.2) is 13.8 Å². The molecule has 9 heteroatoms. The van der Waals surface area contributed by atoms with Crippen LogP contribution in [0.15, 0.2) is 64.5 Å². The number of aliphatic hydroxyl groups excluding tert-OH is 1. The Balaban J connectivity index is 0.000000970. The molecule has 0 spiro atoms. The van der Waals surface area contributed by atoms with Crippen LogP contribution in [-0.2, 0) is 6.54 Å². The standard InChI is InChI=1S/C22H17Cl2F2N3S.C2H6.CH4O/c1-12(16-4-2-3-5-17(16)25)20-18(26)6-7-19-21(20)28-22(29-30-19)27-11-13-8-14(23)10-15(24)9-13;2*1-2/h2-10,12H,11H2,1H3,(H2,27,28,29);1-2H3;2H,1H3. The molecule has 0 saturated heterocycles. The van der Waals surface area contributed by atoms with Gasteiger partial charge in [-0.15, -0.1) is 0 Å². The number of nitrogens with zero attached hydrogens (tertiary/aromatic N) is 1. The van der Waals surface area contributed by atoms with Crippen LogP contribution < -0.4 is 10.0 Å². The van der Waals surface area contributed by atoms with Crippen molar-refractivity contribution >= 4 is 46.8 Å². The van der Waals surface area contributed by atoms with E-state index in [0.29, 0.717) is 39.4 Å². The van der Waals surface area contributed by atoms with Crippen molar-refractivity contribution < 1.29 is 13.9 Å². The summed E-state index contributed by atoms with van der Waals surface area (Å²) >= 11 is 13.4. The molecule has 0 saturated carbocycles. The van der Waals surface area contributed by atoms with Crippen molar-refractivity contribution in [1.29, 1.82) is 0 Å². The van der Waals surface area contributed by atoms with Crippen molar-refractivity contribution in [1.82, 2.24) is 4.72 Å². The van der Waals surface area contributed by atoms with Gasteiger partial charge in [0.25, 0.3) is 0 Å². The summed E-state index contributed by atoms with van der Waals surface area (Å²) < 4.78 is 32.3. The third-order valence-corrected chi connectivity index (χ3v) is 6.09. The van der Waals surface area contributed by atoms with Crippen molar-refractivity contribution in [2.75, 3.05) is 12.4 Å². The maximum Gasteiger partial charge on any atom is 0.206 e. The van der Waals surface area contributed by atoms with E-state index in [1.807, 2.05) is 13.8 Å². The van der Waals surface area contributed by atoms with Gasteiger partial charge in [-0.3, -0.25) is 4.72 Å². The molecule has 1 atom stereocenters. The van der Waals surface area contributed by atoms with Gasteiger partial charge in [-0.2, -0.15) is 0 Å². The third kappa shape index (κ3) is 6.85. The Morgan fingerprint density at radius 3 is 2.26 bits per heavy atom. The molecule has 4 rings (SSSR count). The number of rotatable bonds is 4. The summed E-state index contributed by atoms with van der Waals surface area (Å²) in [6, 6.07) is 14.7. The zero-order chi connectivity index (χ0) is 25.3. The second kappa shape index (κ2) is 13.5. The first-order valence-electron chi connectivity index (χ1n) is 10.6. The average Bonchev–Trinajstić information content (AvgIpc) is 2.84. The van der Waals surface area contributed by atoms with Crippen LogP contribution in [0, 0.1) is 11.6 Å². The predicted octanol–water partition coefficient (Wildman–Crippen LogP) is 7.64. The van der Waals surface area contributed by atoms with Crippen molar-refractivity contribution in [2.45, 2.75) is 38.1 Å². The number of hydrogen-bond acceptors (Lipinski definition) is 3. The lowest BCUT2D eigenvalue weighted by atomic mass is 9.91. The van der Waals surface area contributed by atoms with Crippen molar-refractivity contribution in [2.24, 2.45) is 4.99 Å². The van der Waals surface area contributed by atoms with Crippen molar-refractivity contribution in [3.63, 3.8) is 0 Å². The van der Waals surface area contributed by atoms with E-state index in [1.54, 1.807) is 49.4 Å². The maximum absolute atomic E-state index is 14.9. The van der Waals surface area contributed by atoms with E-state index in [0.717, 1.165) is 17.6 Å². The highest BCUT2D eigenvalue weighted by atomic mass is 35.5. The smallest absolute Gasteiger partial charge is 0.206 e. The second-order valence-electron chi connectivity index (χ2n) is 6.85. The van der Waals surface area contributed by atoms with E-state index in [1.165, 1.54) is 24.1 Å². The second-order valence-corrected chi connectivity index (χ2v) is 8.57. The average molecular weight is 526 g/mol. The number of nitrogens with one attached hydrogen (secondary N) is 2. The van der Waals surface area contributed by atoms with Gasteiger partial charge in [0.15, 0.2) is 0 Å². The Morgan fingerprint density at radius 2 is 1.62 bits per heavy atom. The molecule has 1 heterocycles. The lowest BCUT2D eigenvalue weighted by Gasteiger charge is -2.26. The van der Waals surface area contributed by atoms with Gasteiger partial charge in [0.05, 0.1) is 17.1 Å². The highest BCUT2D eigenvalue weighted by Crippen LogP contribution is 2.40. The first-order valence-corrected chi connectivity index (χ1v) is 12.2. The highest BCUT2D eigenvalue weighted by molar-refractivity contribution is 7.98. The van der Waals surface area contributed by atoms with Gasteiger partial charge < -0.3 is 10.4 Å². The number of hydrogen-bond donors (Lipinski definition) is 3. The highest BCUT2D eigenvalue weighted by Gasteiger charge is 2.25. The Hall–Kier alpha value is -2.32. The van der Waals surface area contributed by atoms with Gasteiger partial charge in [0.1, 0.15) is 11.6 Å². The molecule has 0 bridgehead atoms. The summed E-state index contributed by atoms with van der Waals surface area (Å²) in [6.07, 6.45) is 0. The van der Waals surface area contributed by atoms with Crippen LogP contribution in [0.25, 0.3) is 0 Å². The topological polar surface area (TPSA) is 56.7 Å². The molecular weight excluding hydrogens is 499 g/mol. The molecule has 0 aliphatic carbocycles. The molecule has 0 fully saturated rings. The SMILES string of the molecule is CC.CC(c1ccccc1F)c1c(F)ccc2c1NC(=NCc1cc(Cl)cc(Cl)c1)NS2.CO. The summed E-state index contributed by atoms with van der Waals surface area (Å²) in [6.45, 7) is 6.12. The van der Waals surface area contributed by atoms with E-state index in [2.05, 4.69) is 15.0 Å². The molecule has 3 N–H and O–H groups in total. The normalized spacial score (nSPS) is 13.9. The van der Waals surface area contributed by atoms with Gasteiger partial charge >= 0.3 is 0 Å². The summed E-state index contributed by atoms with van der Waals surface area (Å²) in [7, 11) is 1.00. The van der Waals surface area contributed by atoms with E-state index in [9.17, 15) is 8.78 Å². The summed E-state index contributed by atoms with van der Waals surface area (Å²) in [5, 5.41) is 11.2. The Labute approximate surface area is 213 Å². The zero-order valence-electron chi connectivity index (χ0n) is 19.3. The fourth-order valence-corrected chi connectivity index (χ4v) is 4.68. The number of halogens is 4. The number of fused-ring (bicyclic) bond motifs is 1. The molecule has 3 aromatic carbocycles. The maximum atomic E-state index is 14.9. The number of benzene rings is 3. The molecule has 0 aromatic heterocycles. The van der Waals surface area contributed by atoms with Crippen LogP contribution >= 0.6 is 35.1 Å². The molecule has 0 radical (unpaired) electrons. The van der Waals surface area contributed by atoms with Crippen LogP contribution in [0.4, 0.5) is 14.5 Å². The van der Waals surface area contributed by atoms with Gasteiger partial charge in [0, 0.05) is 28.6 Å². The molecule has 1 aliphatic rings. The molecular formula is C25H27Cl2F2N3OS. The molecule has 0 amide bonds. The Morgan fingerprint density at radius 1 is 0.971 bits per heavy atom. The molecule has 1 aliphatic heterocycles. The minimum atomic E-state index is -0.486. The lowest BCUT2D eigenvalue weighted by Crippen LogP contribution is -2.30. The summed E-state index contributed by atoms with van der Waals surface area (Å²) in [4.78, 5) is 5.32. The first-order chi connectivity index (χ1) is 16.4. The van der Waals surface area contributed by atoms with Crippen LogP contribution in [-0.4, -0.2) is 18.2 Å². The fourth-order valence-electron chi connectivity index (χ4n) is 3.38. The summed E-state index contributed by atoms with van der Waals surface area (Å²) in [5.41, 5.74) is 2.25.